The molecule has 0 aromatic carbocycles. The lowest BCUT2D eigenvalue weighted by Gasteiger charge is -2.38. The molecule has 2 nitrogen and oxygen atoms in total. The lowest BCUT2D eigenvalue weighted by molar-refractivity contribution is 0.0618. The topological polar surface area (TPSA) is 46.2 Å². The molecule has 0 radical (unpaired) electrons. The maximum atomic E-state index is 9.23. The predicted octanol–water partition coefficient (Wildman–Crippen LogP) is 1.28. The van der Waals surface area contributed by atoms with Crippen LogP contribution in [0.1, 0.15) is 39.0 Å². The first kappa shape index (κ1) is 9.01. The molecule has 66 valence electrons. The number of aliphatic hydroxyl groups is 1. The van der Waals surface area contributed by atoms with Gasteiger partial charge in [-0.15, -0.1) is 0 Å². The fraction of sp³-hybridized carbons (Fsp3) is 1.00. The maximum Gasteiger partial charge on any atom is 0.0502 e. The van der Waals surface area contributed by atoms with Crippen LogP contribution in [0.3, 0.4) is 0 Å². The van der Waals surface area contributed by atoms with E-state index >= 15 is 0 Å². The van der Waals surface area contributed by atoms with Gasteiger partial charge in [0.2, 0.25) is 0 Å². The highest BCUT2D eigenvalue weighted by molar-refractivity contribution is 4.88. The zero-order valence-corrected chi connectivity index (χ0v) is 7.34. The minimum atomic E-state index is 0.0538. The van der Waals surface area contributed by atoms with Crippen molar-refractivity contribution in [2.24, 2.45) is 11.1 Å². The Morgan fingerprint density at radius 3 is 2.18 bits per heavy atom. The lowest BCUT2D eigenvalue weighted by atomic mass is 9.70. The van der Waals surface area contributed by atoms with Gasteiger partial charge in [0.05, 0.1) is 6.61 Å². The normalized spacial score (nSPS) is 26.5. The van der Waals surface area contributed by atoms with Crippen molar-refractivity contribution in [2.75, 3.05) is 6.61 Å². The Morgan fingerprint density at radius 2 is 1.91 bits per heavy atom. The van der Waals surface area contributed by atoms with Gasteiger partial charge < -0.3 is 10.8 Å². The molecular formula is C9H19NO. The van der Waals surface area contributed by atoms with Crippen molar-refractivity contribution in [2.45, 2.75) is 45.1 Å². The molecule has 0 saturated heterocycles. The average molecular weight is 157 g/mol. The van der Waals surface area contributed by atoms with Crippen LogP contribution in [0.25, 0.3) is 0 Å². The molecule has 2 heteroatoms. The van der Waals surface area contributed by atoms with Crippen LogP contribution >= 0.6 is 0 Å². The van der Waals surface area contributed by atoms with E-state index in [0.29, 0.717) is 0 Å². The molecule has 0 aromatic heterocycles. The van der Waals surface area contributed by atoms with Crippen LogP contribution in [-0.2, 0) is 0 Å². The van der Waals surface area contributed by atoms with Crippen LogP contribution in [0, 0.1) is 5.41 Å². The molecule has 1 saturated carbocycles. The first-order chi connectivity index (χ1) is 5.21. The Kier molecular flexibility index (Phi) is 2.90. The van der Waals surface area contributed by atoms with Gasteiger partial charge in [-0.3, -0.25) is 0 Å². The highest BCUT2D eigenvalue weighted by Gasteiger charge is 2.34. The van der Waals surface area contributed by atoms with Crippen LogP contribution in [0.5, 0.6) is 0 Å². The Hall–Kier alpha value is -0.0800. The number of hydrogen-bond acceptors (Lipinski definition) is 2. The SMILES string of the molecule is C[C@@H](N)C1(CO)CCCCC1. The third-order valence-corrected chi connectivity index (χ3v) is 3.13. The molecule has 1 aliphatic rings. The van der Waals surface area contributed by atoms with Gasteiger partial charge in [0.25, 0.3) is 0 Å². The van der Waals surface area contributed by atoms with Gasteiger partial charge >= 0.3 is 0 Å². The molecule has 1 aliphatic carbocycles. The first-order valence-corrected chi connectivity index (χ1v) is 4.58. The molecule has 0 aromatic rings. The summed E-state index contributed by atoms with van der Waals surface area (Å²) >= 11 is 0. The summed E-state index contributed by atoms with van der Waals surface area (Å²) in [5, 5.41) is 9.23. The average Bonchev–Trinajstić information content (AvgIpc) is 2.05. The zero-order valence-electron chi connectivity index (χ0n) is 7.34. The molecule has 0 bridgehead atoms. The minimum Gasteiger partial charge on any atom is -0.396 e. The summed E-state index contributed by atoms with van der Waals surface area (Å²) in [6.07, 6.45) is 6.01. The van der Waals surface area contributed by atoms with Crippen LogP contribution in [-0.4, -0.2) is 17.8 Å². The molecule has 0 unspecified atom stereocenters. The molecule has 0 aliphatic heterocycles. The lowest BCUT2D eigenvalue weighted by Crippen LogP contribution is -2.43. The fourth-order valence-corrected chi connectivity index (χ4v) is 2.01. The Morgan fingerprint density at radius 1 is 1.36 bits per heavy atom. The standard InChI is InChI=1S/C9H19NO/c1-8(10)9(7-11)5-3-2-4-6-9/h8,11H,2-7,10H2,1H3/t8-/m1/s1. The highest BCUT2D eigenvalue weighted by Crippen LogP contribution is 2.37. The van der Waals surface area contributed by atoms with E-state index in [9.17, 15) is 5.11 Å². The fourth-order valence-electron chi connectivity index (χ4n) is 2.01. The Balaban J connectivity index is 2.57. The smallest absolute Gasteiger partial charge is 0.0502 e. The third kappa shape index (κ3) is 1.74. The maximum absolute atomic E-state index is 9.23. The zero-order chi connectivity index (χ0) is 8.32. The molecule has 0 amide bonds. The number of hydrogen-bond donors (Lipinski definition) is 2. The van der Waals surface area contributed by atoms with E-state index in [1.165, 1.54) is 19.3 Å². The third-order valence-electron chi connectivity index (χ3n) is 3.13. The van der Waals surface area contributed by atoms with Crippen molar-refractivity contribution in [3.8, 4) is 0 Å². The molecule has 1 rings (SSSR count). The van der Waals surface area contributed by atoms with Crippen LogP contribution in [0.15, 0.2) is 0 Å². The summed E-state index contributed by atoms with van der Waals surface area (Å²) in [6, 6.07) is 0.146. The second-order valence-electron chi connectivity index (χ2n) is 3.87. The highest BCUT2D eigenvalue weighted by atomic mass is 16.3. The van der Waals surface area contributed by atoms with Gasteiger partial charge in [-0.2, -0.15) is 0 Å². The predicted molar refractivity (Wildman–Crippen MR) is 46.3 cm³/mol. The van der Waals surface area contributed by atoms with Crippen LogP contribution in [0.2, 0.25) is 0 Å². The summed E-state index contributed by atoms with van der Waals surface area (Å²) < 4.78 is 0. The van der Waals surface area contributed by atoms with E-state index in [2.05, 4.69) is 0 Å². The summed E-state index contributed by atoms with van der Waals surface area (Å²) in [4.78, 5) is 0. The second kappa shape index (κ2) is 3.55. The molecular weight excluding hydrogens is 138 g/mol. The molecule has 0 heterocycles. The molecule has 1 fully saturated rings. The van der Waals surface area contributed by atoms with Crippen molar-refractivity contribution in [1.29, 1.82) is 0 Å². The van der Waals surface area contributed by atoms with Crippen molar-refractivity contribution < 1.29 is 5.11 Å². The van der Waals surface area contributed by atoms with Crippen molar-refractivity contribution in [3.05, 3.63) is 0 Å². The first-order valence-electron chi connectivity index (χ1n) is 4.58. The van der Waals surface area contributed by atoms with Crippen molar-refractivity contribution >= 4 is 0 Å². The molecule has 0 spiro atoms. The summed E-state index contributed by atoms with van der Waals surface area (Å²) in [5.74, 6) is 0. The number of rotatable bonds is 2. The molecule has 3 N–H and O–H groups in total. The number of aliphatic hydroxyl groups excluding tert-OH is 1. The summed E-state index contributed by atoms with van der Waals surface area (Å²) in [5.41, 5.74) is 5.91. The van der Waals surface area contributed by atoms with E-state index in [1.807, 2.05) is 6.92 Å². The van der Waals surface area contributed by atoms with E-state index in [0.717, 1.165) is 12.8 Å². The molecule has 11 heavy (non-hydrogen) atoms. The number of nitrogens with two attached hydrogens (primary N) is 1. The van der Waals surface area contributed by atoms with Gasteiger partial charge in [0.1, 0.15) is 0 Å². The van der Waals surface area contributed by atoms with Crippen molar-refractivity contribution in [1.82, 2.24) is 0 Å². The largest absolute Gasteiger partial charge is 0.396 e. The quantitative estimate of drug-likeness (QED) is 0.634. The van der Waals surface area contributed by atoms with E-state index in [4.69, 9.17) is 5.73 Å². The van der Waals surface area contributed by atoms with Crippen LogP contribution in [0.4, 0.5) is 0 Å². The van der Waals surface area contributed by atoms with E-state index in [1.54, 1.807) is 0 Å². The van der Waals surface area contributed by atoms with Gasteiger partial charge in [0.15, 0.2) is 0 Å². The van der Waals surface area contributed by atoms with E-state index < -0.39 is 0 Å². The van der Waals surface area contributed by atoms with Crippen LogP contribution < -0.4 is 5.73 Å². The summed E-state index contributed by atoms with van der Waals surface area (Å²) in [7, 11) is 0. The second-order valence-corrected chi connectivity index (χ2v) is 3.87. The summed E-state index contributed by atoms with van der Waals surface area (Å²) in [6.45, 7) is 2.28. The Labute approximate surface area is 68.8 Å². The molecule has 1 atom stereocenters. The van der Waals surface area contributed by atoms with Gasteiger partial charge in [-0.1, -0.05) is 19.3 Å². The Bertz CT molecular complexity index is 117. The van der Waals surface area contributed by atoms with Gasteiger partial charge in [0, 0.05) is 11.5 Å². The van der Waals surface area contributed by atoms with Crippen molar-refractivity contribution in [3.63, 3.8) is 0 Å². The van der Waals surface area contributed by atoms with Gasteiger partial charge in [-0.25, -0.2) is 0 Å². The van der Waals surface area contributed by atoms with Gasteiger partial charge in [-0.05, 0) is 19.8 Å². The van der Waals surface area contributed by atoms with E-state index in [-0.39, 0.29) is 18.1 Å². The minimum absolute atomic E-state index is 0.0538. The monoisotopic (exact) mass is 157 g/mol.